The van der Waals surface area contributed by atoms with E-state index in [1.165, 1.54) is 0 Å². The quantitative estimate of drug-likeness (QED) is 0.363. The summed E-state index contributed by atoms with van der Waals surface area (Å²) < 4.78 is 0. The van der Waals surface area contributed by atoms with Gasteiger partial charge in [-0.05, 0) is 30.6 Å². The lowest BCUT2D eigenvalue weighted by Crippen LogP contribution is -2.57. The molecule has 156 valence electrons. The first-order valence-corrected chi connectivity index (χ1v) is 10.1. The van der Waals surface area contributed by atoms with Gasteiger partial charge in [-0.25, -0.2) is 5.06 Å². The Morgan fingerprint density at radius 2 is 1.89 bits per heavy atom. The van der Waals surface area contributed by atoms with Crippen molar-refractivity contribution < 1.29 is 19.6 Å². The number of carbonyl (C=O) groups is 3. The number of nitrogens with zero attached hydrogens (tertiary/aromatic N) is 2. The van der Waals surface area contributed by atoms with Gasteiger partial charge in [0.05, 0.1) is 12.5 Å². The van der Waals surface area contributed by atoms with Crippen molar-refractivity contribution in [2.24, 2.45) is 17.3 Å². The van der Waals surface area contributed by atoms with Crippen LogP contribution in [0.1, 0.15) is 66.7 Å². The Morgan fingerprint density at radius 1 is 1.30 bits per heavy atom. The second-order valence-electron chi connectivity index (χ2n) is 8.88. The molecular formula is C20H37N3O4. The standard InChI is InChI=1S/C20H37N3O4/c1-6-7-8-16(13-23(27)14-24)18(25)21-17(20(3,4)5)19(26)22-11-9-15(2)10-12-22/h14-17,27H,6-13H2,1-5H3,(H,21,25). The Kier molecular flexibility index (Phi) is 9.22. The Balaban J connectivity index is 2.87. The predicted molar refractivity (Wildman–Crippen MR) is 104 cm³/mol. The van der Waals surface area contributed by atoms with E-state index in [-0.39, 0.29) is 18.4 Å². The van der Waals surface area contributed by atoms with Gasteiger partial charge in [0.2, 0.25) is 18.2 Å². The van der Waals surface area contributed by atoms with Crippen molar-refractivity contribution in [1.29, 1.82) is 0 Å². The van der Waals surface area contributed by atoms with Gasteiger partial charge >= 0.3 is 0 Å². The van der Waals surface area contributed by atoms with Crippen molar-refractivity contribution in [2.75, 3.05) is 19.6 Å². The first kappa shape index (κ1) is 23.4. The topological polar surface area (TPSA) is 90.0 Å². The molecule has 2 atom stereocenters. The summed E-state index contributed by atoms with van der Waals surface area (Å²) in [6.45, 7) is 11.4. The lowest BCUT2D eigenvalue weighted by Gasteiger charge is -2.38. The van der Waals surface area contributed by atoms with Gasteiger partial charge in [-0.2, -0.15) is 0 Å². The van der Waals surface area contributed by atoms with E-state index in [4.69, 9.17) is 0 Å². The molecule has 2 unspecified atom stereocenters. The summed E-state index contributed by atoms with van der Waals surface area (Å²) in [5.41, 5.74) is -0.436. The number of amides is 3. The third kappa shape index (κ3) is 7.48. The van der Waals surface area contributed by atoms with E-state index in [1.54, 1.807) is 0 Å². The molecule has 0 aromatic rings. The molecular weight excluding hydrogens is 346 g/mol. The van der Waals surface area contributed by atoms with Crippen molar-refractivity contribution in [2.45, 2.75) is 72.8 Å². The van der Waals surface area contributed by atoms with E-state index >= 15 is 0 Å². The number of carbonyl (C=O) groups excluding carboxylic acids is 3. The van der Waals surface area contributed by atoms with Gasteiger partial charge in [0.1, 0.15) is 6.04 Å². The Morgan fingerprint density at radius 3 is 2.37 bits per heavy atom. The number of nitrogens with one attached hydrogen (secondary N) is 1. The fraction of sp³-hybridized carbons (Fsp3) is 0.850. The highest BCUT2D eigenvalue weighted by Crippen LogP contribution is 2.25. The number of rotatable bonds is 9. The molecule has 0 aromatic carbocycles. The molecule has 0 spiro atoms. The first-order chi connectivity index (χ1) is 12.6. The number of piperidine rings is 1. The highest BCUT2D eigenvalue weighted by Gasteiger charge is 2.37. The fourth-order valence-corrected chi connectivity index (χ4v) is 3.34. The highest BCUT2D eigenvalue weighted by atomic mass is 16.5. The number of hydroxylamine groups is 2. The minimum Gasteiger partial charge on any atom is -0.344 e. The summed E-state index contributed by atoms with van der Waals surface area (Å²) in [6, 6.07) is -0.633. The molecule has 0 aromatic heterocycles. The monoisotopic (exact) mass is 383 g/mol. The zero-order chi connectivity index (χ0) is 20.6. The molecule has 1 heterocycles. The van der Waals surface area contributed by atoms with E-state index in [0.717, 1.165) is 38.8 Å². The van der Waals surface area contributed by atoms with Crippen LogP contribution in [0.4, 0.5) is 0 Å². The van der Waals surface area contributed by atoms with Crippen LogP contribution in [0.25, 0.3) is 0 Å². The fourth-order valence-electron chi connectivity index (χ4n) is 3.34. The van der Waals surface area contributed by atoms with Crippen molar-refractivity contribution in [1.82, 2.24) is 15.3 Å². The highest BCUT2D eigenvalue weighted by molar-refractivity contribution is 5.89. The molecule has 0 bridgehead atoms. The van der Waals surface area contributed by atoms with Crippen molar-refractivity contribution in [3.8, 4) is 0 Å². The average Bonchev–Trinajstić information content (AvgIpc) is 2.61. The summed E-state index contributed by atoms with van der Waals surface area (Å²) in [4.78, 5) is 38.5. The number of likely N-dealkylation sites (tertiary alicyclic amines) is 1. The van der Waals surface area contributed by atoms with Gasteiger partial charge in [-0.1, -0.05) is 47.5 Å². The number of hydrogen-bond acceptors (Lipinski definition) is 4. The summed E-state index contributed by atoms with van der Waals surface area (Å²) >= 11 is 0. The minimum atomic E-state index is -0.633. The number of unbranched alkanes of at least 4 members (excludes halogenated alkanes) is 1. The van der Waals surface area contributed by atoms with Gasteiger partial charge < -0.3 is 10.2 Å². The van der Waals surface area contributed by atoms with Crippen molar-refractivity contribution in [3.63, 3.8) is 0 Å². The van der Waals surface area contributed by atoms with Crippen LogP contribution in [0.15, 0.2) is 0 Å². The van der Waals surface area contributed by atoms with Crippen LogP contribution in [-0.2, 0) is 14.4 Å². The van der Waals surface area contributed by atoms with Gasteiger partial charge in [-0.15, -0.1) is 0 Å². The average molecular weight is 384 g/mol. The molecule has 1 rings (SSSR count). The molecule has 0 saturated carbocycles. The molecule has 1 fully saturated rings. The van der Waals surface area contributed by atoms with Crippen LogP contribution < -0.4 is 5.32 Å². The maximum atomic E-state index is 13.1. The van der Waals surface area contributed by atoms with Crippen LogP contribution in [0.3, 0.4) is 0 Å². The van der Waals surface area contributed by atoms with Crippen LogP contribution in [-0.4, -0.2) is 59.1 Å². The van der Waals surface area contributed by atoms with E-state index in [9.17, 15) is 19.6 Å². The number of hydrogen-bond donors (Lipinski definition) is 2. The Hall–Kier alpha value is -1.63. The van der Waals surface area contributed by atoms with E-state index in [2.05, 4.69) is 12.2 Å². The second kappa shape index (κ2) is 10.6. The van der Waals surface area contributed by atoms with E-state index < -0.39 is 17.4 Å². The van der Waals surface area contributed by atoms with Gasteiger partial charge in [0.15, 0.2) is 0 Å². The first-order valence-electron chi connectivity index (χ1n) is 10.1. The zero-order valence-electron chi connectivity index (χ0n) is 17.5. The zero-order valence-corrected chi connectivity index (χ0v) is 17.5. The Bertz CT molecular complexity index is 496. The molecule has 2 N–H and O–H groups in total. The maximum Gasteiger partial charge on any atom is 0.245 e. The SMILES string of the molecule is CCCCC(CN(O)C=O)C(=O)NC(C(=O)N1CCC(C)CC1)C(C)(C)C. The summed E-state index contributed by atoms with van der Waals surface area (Å²) in [6.07, 6.45) is 4.53. The molecule has 7 heteroatoms. The van der Waals surface area contributed by atoms with E-state index in [0.29, 0.717) is 23.8 Å². The minimum absolute atomic E-state index is 0.0479. The summed E-state index contributed by atoms with van der Waals surface area (Å²) in [5.74, 6) is -0.260. The van der Waals surface area contributed by atoms with Crippen LogP contribution in [0.2, 0.25) is 0 Å². The van der Waals surface area contributed by atoms with Gasteiger partial charge in [0, 0.05) is 13.1 Å². The molecule has 1 aliphatic rings. The van der Waals surface area contributed by atoms with Crippen molar-refractivity contribution in [3.05, 3.63) is 0 Å². The summed E-state index contributed by atoms with van der Waals surface area (Å²) in [5, 5.41) is 12.9. The van der Waals surface area contributed by atoms with Crippen LogP contribution >= 0.6 is 0 Å². The molecule has 3 amide bonds. The predicted octanol–water partition coefficient (Wildman–Crippen LogP) is 2.43. The third-order valence-electron chi connectivity index (χ3n) is 5.30. The molecule has 0 aliphatic carbocycles. The molecule has 0 radical (unpaired) electrons. The maximum absolute atomic E-state index is 13.1. The molecule has 1 saturated heterocycles. The van der Waals surface area contributed by atoms with Gasteiger partial charge in [0.25, 0.3) is 0 Å². The molecule has 7 nitrogen and oxygen atoms in total. The Labute approximate surface area is 163 Å². The second-order valence-corrected chi connectivity index (χ2v) is 8.88. The molecule has 1 aliphatic heterocycles. The van der Waals surface area contributed by atoms with Crippen LogP contribution in [0, 0.1) is 17.3 Å². The lowest BCUT2D eigenvalue weighted by atomic mass is 9.84. The largest absolute Gasteiger partial charge is 0.344 e. The van der Waals surface area contributed by atoms with Gasteiger partial charge in [-0.3, -0.25) is 19.6 Å². The summed E-state index contributed by atoms with van der Waals surface area (Å²) in [7, 11) is 0. The van der Waals surface area contributed by atoms with Crippen LogP contribution in [0.5, 0.6) is 0 Å². The molecule has 27 heavy (non-hydrogen) atoms. The smallest absolute Gasteiger partial charge is 0.245 e. The third-order valence-corrected chi connectivity index (χ3v) is 5.30. The normalized spacial score (nSPS) is 17.9. The van der Waals surface area contributed by atoms with Crippen molar-refractivity contribution >= 4 is 18.2 Å². The van der Waals surface area contributed by atoms with E-state index in [1.807, 2.05) is 32.6 Å². The lowest BCUT2D eigenvalue weighted by molar-refractivity contribution is -0.155.